The monoisotopic (exact) mass is 462 g/mol. The van der Waals surface area contributed by atoms with E-state index in [0.717, 1.165) is 32.7 Å². The lowest BCUT2D eigenvalue weighted by molar-refractivity contribution is 0.586. The van der Waals surface area contributed by atoms with E-state index in [2.05, 4.69) is 66.0 Å². The predicted octanol–water partition coefficient (Wildman–Crippen LogP) is 6.15. The molecule has 106 valence electrons. The van der Waals surface area contributed by atoms with Gasteiger partial charge in [0.1, 0.15) is 5.82 Å². The Kier molecular flexibility index (Phi) is 6.24. The second kappa shape index (κ2) is 7.71. The van der Waals surface area contributed by atoms with Gasteiger partial charge >= 0.3 is 0 Å². The molecular weight excluding hydrogens is 451 g/mol. The zero-order valence-electron chi connectivity index (χ0n) is 10.8. The molecule has 0 aromatic heterocycles. The lowest BCUT2D eigenvalue weighted by Crippen LogP contribution is -2.10. The summed E-state index contributed by atoms with van der Waals surface area (Å²) in [5, 5.41) is 0.920. The molecule has 0 spiro atoms. The smallest absolute Gasteiger partial charge is 0.124 e. The first-order valence-corrected chi connectivity index (χ1v) is 9.03. The molecule has 0 aliphatic heterocycles. The molecule has 20 heavy (non-hydrogen) atoms. The van der Waals surface area contributed by atoms with Gasteiger partial charge < -0.3 is 0 Å². The first kappa shape index (κ1) is 16.2. The molecular formula is C16H14Br3F. The van der Waals surface area contributed by atoms with Crippen LogP contribution in [0.2, 0.25) is 0 Å². The maximum absolute atomic E-state index is 13.1. The summed E-state index contributed by atoms with van der Waals surface area (Å²) in [5.41, 5.74) is 2.45. The molecule has 0 radical (unpaired) electrons. The SMILES string of the molecule is Fc1ccc(CC(CBr)Cc2cccc(Br)c2)c(Br)c1. The van der Waals surface area contributed by atoms with Gasteiger partial charge in [-0.05, 0) is 54.2 Å². The van der Waals surface area contributed by atoms with Gasteiger partial charge in [-0.2, -0.15) is 0 Å². The molecule has 2 aromatic carbocycles. The van der Waals surface area contributed by atoms with E-state index >= 15 is 0 Å². The molecule has 0 saturated heterocycles. The molecule has 4 heteroatoms. The molecule has 0 N–H and O–H groups in total. The lowest BCUT2D eigenvalue weighted by Gasteiger charge is -2.15. The van der Waals surface area contributed by atoms with E-state index < -0.39 is 0 Å². The van der Waals surface area contributed by atoms with Crippen molar-refractivity contribution in [3.05, 3.63) is 68.4 Å². The van der Waals surface area contributed by atoms with Crippen LogP contribution in [0.25, 0.3) is 0 Å². The maximum atomic E-state index is 13.1. The molecule has 0 heterocycles. The highest BCUT2D eigenvalue weighted by Gasteiger charge is 2.12. The van der Waals surface area contributed by atoms with E-state index in [-0.39, 0.29) is 5.82 Å². The van der Waals surface area contributed by atoms with E-state index in [1.165, 1.54) is 17.7 Å². The quantitative estimate of drug-likeness (QED) is 0.466. The Morgan fingerprint density at radius 3 is 2.45 bits per heavy atom. The van der Waals surface area contributed by atoms with Crippen molar-refractivity contribution in [3.8, 4) is 0 Å². The zero-order valence-corrected chi connectivity index (χ0v) is 15.5. The molecule has 0 fully saturated rings. The largest absolute Gasteiger partial charge is 0.207 e. The van der Waals surface area contributed by atoms with E-state index in [4.69, 9.17) is 0 Å². The zero-order chi connectivity index (χ0) is 14.5. The summed E-state index contributed by atoms with van der Waals surface area (Å²) >= 11 is 10.5. The fraction of sp³-hybridized carbons (Fsp3) is 0.250. The number of rotatable bonds is 5. The second-order valence-corrected chi connectivity index (χ2v) is 7.21. The molecule has 1 atom stereocenters. The van der Waals surface area contributed by atoms with Gasteiger partial charge in [-0.25, -0.2) is 4.39 Å². The van der Waals surface area contributed by atoms with Gasteiger partial charge in [0.05, 0.1) is 0 Å². The van der Waals surface area contributed by atoms with Crippen molar-refractivity contribution < 1.29 is 4.39 Å². The molecule has 2 rings (SSSR count). The van der Waals surface area contributed by atoms with Crippen molar-refractivity contribution in [2.75, 3.05) is 5.33 Å². The minimum Gasteiger partial charge on any atom is -0.207 e. The van der Waals surface area contributed by atoms with Gasteiger partial charge in [0, 0.05) is 14.3 Å². The minimum atomic E-state index is -0.206. The Hall–Kier alpha value is -0.190. The van der Waals surface area contributed by atoms with Crippen LogP contribution < -0.4 is 0 Å². The third kappa shape index (κ3) is 4.68. The highest BCUT2D eigenvalue weighted by atomic mass is 79.9. The molecule has 0 aliphatic rings. The first-order chi connectivity index (χ1) is 9.58. The number of benzene rings is 2. The van der Waals surface area contributed by atoms with E-state index in [9.17, 15) is 4.39 Å². The third-order valence-corrected chi connectivity index (χ3v) is 5.30. The summed E-state index contributed by atoms with van der Waals surface area (Å²) in [6, 6.07) is 13.3. The Morgan fingerprint density at radius 2 is 1.80 bits per heavy atom. The molecule has 0 bridgehead atoms. The van der Waals surface area contributed by atoms with Crippen LogP contribution in [-0.2, 0) is 12.8 Å². The summed E-state index contributed by atoms with van der Waals surface area (Å²) in [6.07, 6.45) is 1.91. The van der Waals surface area contributed by atoms with Crippen LogP contribution in [0, 0.1) is 11.7 Å². The Bertz CT molecular complexity index is 584. The van der Waals surface area contributed by atoms with Gasteiger partial charge in [0.25, 0.3) is 0 Å². The summed E-state index contributed by atoms with van der Waals surface area (Å²) in [6.45, 7) is 0. The van der Waals surface area contributed by atoms with Gasteiger partial charge in [0.15, 0.2) is 0 Å². The number of hydrogen-bond acceptors (Lipinski definition) is 0. The van der Waals surface area contributed by atoms with Crippen LogP contribution >= 0.6 is 47.8 Å². The second-order valence-electron chi connectivity index (χ2n) is 4.79. The Labute approximate surface area is 144 Å². The average molecular weight is 465 g/mol. The summed E-state index contributed by atoms with van der Waals surface area (Å²) < 4.78 is 15.1. The van der Waals surface area contributed by atoms with Crippen molar-refractivity contribution in [1.82, 2.24) is 0 Å². The normalized spacial score (nSPS) is 12.4. The van der Waals surface area contributed by atoms with Gasteiger partial charge in [-0.15, -0.1) is 0 Å². The van der Waals surface area contributed by atoms with Crippen molar-refractivity contribution in [1.29, 1.82) is 0 Å². The van der Waals surface area contributed by atoms with Crippen LogP contribution in [0.5, 0.6) is 0 Å². The van der Waals surface area contributed by atoms with Gasteiger partial charge in [0.2, 0.25) is 0 Å². The Balaban J connectivity index is 2.09. The van der Waals surface area contributed by atoms with Crippen molar-refractivity contribution in [2.45, 2.75) is 12.8 Å². The van der Waals surface area contributed by atoms with E-state index in [1.54, 1.807) is 0 Å². The van der Waals surface area contributed by atoms with Crippen molar-refractivity contribution in [3.63, 3.8) is 0 Å². The lowest BCUT2D eigenvalue weighted by atomic mass is 9.94. The van der Waals surface area contributed by atoms with Crippen LogP contribution in [0.4, 0.5) is 4.39 Å². The summed E-state index contributed by atoms with van der Waals surface area (Å²) in [7, 11) is 0. The fourth-order valence-corrected chi connectivity index (χ4v) is 3.59. The summed E-state index contributed by atoms with van der Waals surface area (Å²) in [5.74, 6) is 0.272. The van der Waals surface area contributed by atoms with Gasteiger partial charge in [-0.1, -0.05) is 66.0 Å². The van der Waals surface area contributed by atoms with Crippen LogP contribution in [0.1, 0.15) is 11.1 Å². The summed E-state index contributed by atoms with van der Waals surface area (Å²) in [4.78, 5) is 0. The molecule has 0 saturated carbocycles. The molecule has 0 aliphatic carbocycles. The standard InChI is InChI=1S/C16H14Br3F/c17-10-12(6-11-2-1-3-14(18)8-11)7-13-4-5-15(20)9-16(13)19/h1-5,8-9,12H,6-7,10H2. The maximum Gasteiger partial charge on any atom is 0.124 e. The third-order valence-electron chi connectivity index (χ3n) is 3.16. The van der Waals surface area contributed by atoms with Gasteiger partial charge in [-0.3, -0.25) is 0 Å². The van der Waals surface area contributed by atoms with E-state index in [0.29, 0.717) is 5.92 Å². The first-order valence-electron chi connectivity index (χ1n) is 6.33. The number of alkyl halides is 1. The Morgan fingerprint density at radius 1 is 1.00 bits per heavy atom. The van der Waals surface area contributed by atoms with Crippen molar-refractivity contribution >= 4 is 47.8 Å². The fourth-order valence-electron chi connectivity index (χ4n) is 2.18. The topological polar surface area (TPSA) is 0 Å². The number of halogens is 4. The van der Waals surface area contributed by atoms with Crippen LogP contribution in [-0.4, -0.2) is 5.33 Å². The van der Waals surface area contributed by atoms with Crippen LogP contribution in [0.3, 0.4) is 0 Å². The average Bonchev–Trinajstić information content (AvgIpc) is 2.41. The molecule has 2 aromatic rings. The molecule has 1 unspecified atom stereocenters. The molecule has 0 amide bonds. The van der Waals surface area contributed by atoms with E-state index in [1.807, 2.05) is 12.1 Å². The minimum absolute atomic E-state index is 0.206. The predicted molar refractivity (Wildman–Crippen MR) is 92.9 cm³/mol. The molecule has 0 nitrogen and oxygen atoms in total. The van der Waals surface area contributed by atoms with Crippen LogP contribution in [0.15, 0.2) is 51.4 Å². The highest BCUT2D eigenvalue weighted by Crippen LogP contribution is 2.24. The van der Waals surface area contributed by atoms with Crippen molar-refractivity contribution in [2.24, 2.45) is 5.92 Å². The number of hydrogen-bond donors (Lipinski definition) is 0. The highest BCUT2D eigenvalue weighted by molar-refractivity contribution is 9.10.